The van der Waals surface area contributed by atoms with Crippen LogP contribution in [0, 0.1) is 0 Å². The molecule has 0 bridgehead atoms. The lowest BCUT2D eigenvalue weighted by Gasteiger charge is -2.29. The number of nitrogens with one attached hydrogen (secondary N) is 1. The zero-order valence-corrected chi connectivity index (χ0v) is 19.3. The molecule has 0 radical (unpaired) electrons. The molecule has 3 amide bonds. The van der Waals surface area contributed by atoms with E-state index >= 15 is 0 Å². The first kappa shape index (κ1) is 30.1. The van der Waals surface area contributed by atoms with Gasteiger partial charge in [-0.25, -0.2) is 0 Å². The van der Waals surface area contributed by atoms with Crippen LogP contribution in [0.25, 0.3) is 0 Å². The Morgan fingerprint density at radius 3 is 1.53 bits per heavy atom. The van der Waals surface area contributed by atoms with Crippen LogP contribution >= 0.6 is 0 Å². The Labute approximate surface area is 205 Å². The molecule has 0 aliphatic carbocycles. The Kier molecular flexibility index (Phi) is 12.7. The van der Waals surface area contributed by atoms with Crippen LogP contribution in [-0.2, 0) is 33.6 Å². The summed E-state index contributed by atoms with van der Waals surface area (Å²) in [4.78, 5) is 83.8. The monoisotopic (exact) mass is 513 g/mol. The molecule has 1 aliphatic heterocycles. The van der Waals surface area contributed by atoms with E-state index < -0.39 is 67.8 Å². The molecule has 1 aliphatic rings. The first-order valence-corrected chi connectivity index (χ1v) is 10.7. The van der Waals surface area contributed by atoms with Gasteiger partial charge in [-0.05, 0) is 0 Å². The second-order valence-corrected chi connectivity index (χ2v) is 7.74. The van der Waals surface area contributed by atoms with Crippen LogP contribution in [0.5, 0.6) is 0 Å². The second-order valence-electron chi connectivity index (χ2n) is 7.74. The number of amides is 3. The molecule has 0 saturated heterocycles. The zero-order valence-electron chi connectivity index (χ0n) is 19.3. The maximum Gasteiger partial charge on any atom is 0.317 e. The molecular formula is C20H27N5O11-2. The van der Waals surface area contributed by atoms with Gasteiger partial charge in [0.2, 0.25) is 5.91 Å². The molecule has 0 fully saturated rings. The Morgan fingerprint density at radius 1 is 0.722 bits per heavy atom. The van der Waals surface area contributed by atoms with Crippen molar-refractivity contribution in [2.75, 3.05) is 72.0 Å². The number of carbonyl (C=O) groups excluding carboxylic acids is 5. The third-order valence-corrected chi connectivity index (χ3v) is 4.81. The van der Waals surface area contributed by atoms with Crippen molar-refractivity contribution >= 4 is 41.6 Å². The van der Waals surface area contributed by atoms with E-state index in [1.165, 1.54) is 4.90 Å². The number of carboxylic acid groups (broad SMARTS) is 4. The van der Waals surface area contributed by atoms with Crippen molar-refractivity contribution in [3.63, 3.8) is 0 Å². The van der Waals surface area contributed by atoms with Gasteiger partial charge in [0.05, 0.1) is 31.6 Å². The fourth-order valence-electron chi connectivity index (χ4n) is 3.23. The molecule has 0 spiro atoms. The lowest BCUT2D eigenvalue weighted by atomic mass is 10.3. The summed E-state index contributed by atoms with van der Waals surface area (Å²) in [7, 11) is 0. The standard InChI is InChI=1S/C20H29N5O11/c26-14(21-3-4-25-15(27)1-2-16(25)28)9-22(5-7-23(10-17(29)30)11-18(31)32)6-8-24(12-19(33)34)13-20(35)36/h1-2H,3-13H2,(H,21,26)(H,29,30)(H,31,32)(H,33,34)(H,35,36)/p-2. The summed E-state index contributed by atoms with van der Waals surface area (Å²) < 4.78 is 0. The fraction of sp³-hybridized carbons (Fsp3) is 0.550. The van der Waals surface area contributed by atoms with E-state index in [2.05, 4.69) is 5.32 Å². The number of nitrogens with zero attached hydrogens (tertiary/aromatic N) is 4. The number of rotatable bonds is 19. The molecule has 0 aromatic rings. The highest BCUT2D eigenvalue weighted by atomic mass is 16.4. The van der Waals surface area contributed by atoms with Gasteiger partial charge in [0, 0.05) is 64.5 Å². The predicted molar refractivity (Wildman–Crippen MR) is 113 cm³/mol. The molecule has 200 valence electrons. The molecular weight excluding hydrogens is 486 g/mol. The molecule has 16 nitrogen and oxygen atoms in total. The van der Waals surface area contributed by atoms with Crippen molar-refractivity contribution in [3.8, 4) is 0 Å². The molecule has 0 aromatic carbocycles. The van der Waals surface area contributed by atoms with Crippen molar-refractivity contribution in [1.82, 2.24) is 24.9 Å². The third kappa shape index (κ3) is 12.5. The van der Waals surface area contributed by atoms with Gasteiger partial charge in [0.1, 0.15) is 0 Å². The lowest BCUT2D eigenvalue weighted by Crippen LogP contribution is -2.49. The van der Waals surface area contributed by atoms with Crippen LogP contribution in [0.1, 0.15) is 0 Å². The predicted octanol–water partition coefficient (Wildman–Crippen LogP) is -6.40. The quantitative estimate of drug-likeness (QED) is 0.136. The molecule has 1 rings (SSSR count). The molecule has 0 saturated carbocycles. The van der Waals surface area contributed by atoms with Crippen molar-refractivity contribution in [1.29, 1.82) is 0 Å². The van der Waals surface area contributed by atoms with Crippen molar-refractivity contribution in [2.45, 2.75) is 0 Å². The van der Waals surface area contributed by atoms with Crippen LogP contribution in [0.3, 0.4) is 0 Å². The Hall–Kier alpha value is -3.89. The van der Waals surface area contributed by atoms with Crippen molar-refractivity contribution < 1.29 is 54.0 Å². The summed E-state index contributed by atoms with van der Waals surface area (Å²) in [6, 6.07) is 0. The van der Waals surface area contributed by atoms with Gasteiger partial charge in [-0.15, -0.1) is 0 Å². The van der Waals surface area contributed by atoms with Gasteiger partial charge in [-0.2, -0.15) is 0 Å². The van der Waals surface area contributed by atoms with E-state index in [-0.39, 0.29) is 45.8 Å². The van der Waals surface area contributed by atoms with Gasteiger partial charge < -0.3 is 35.3 Å². The fourth-order valence-corrected chi connectivity index (χ4v) is 3.23. The molecule has 0 aromatic heterocycles. The van der Waals surface area contributed by atoms with Crippen LogP contribution in [0.2, 0.25) is 0 Å². The summed E-state index contributed by atoms with van der Waals surface area (Å²) in [5, 5.41) is 42.2. The second kappa shape index (κ2) is 15.2. The Balaban J connectivity index is 2.77. The summed E-state index contributed by atoms with van der Waals surface area (Å²) in [6.07, 6.45) is 2.19. The van der Waals surface area contributed by atoms with Gasteiger partial charge >= 0.3 is 11.9 Å². The largest absolute Gasteiger partial charge is 0.549 e. The smallest absolute Gasteiger partial charge is 0.317 e. The molecule has 3 N–H and O–H groups in total. The number of hydrogen-bond donors (Lipinski definition) is 3. The number of carbonyl (C=O) groups is 7. The summed E-state index contributed by atoms with van der Waals surface area (Å²) in [5.74, 6) is -7.20. The van der Waals surface area contributed by atoms with Crippen molar-refractivity contribution in [2.24, 2.45) is 0 Å². The van der Waals surface area contributed by atoms with Crippen LogP contribution in [-0.4, -0.2) is 143 Å². The maximum atomic E-state index is 12.4. The van der Waals surface area contributed by atoms with E-state index in [1.54, 1.807) is 0 Å². The van der Waals surface area contributed by atoms with E-state index in [0.717, 1.165) is 26.9 Å². The minimum atomic E-state index is -1.51. The molecule has 0 atom stereocenters. The average molecular weight is 513 g/mol. The van der Waals surface area contributed by atoms with Crippen molar-refractivity contribution in [3.05, 3.63) is 12.2 Å². The molecule has 36 heavy (non-hydrogen) atoms. The van der Waals surface area contributed by atoms with E-state index in [9.17, 15) is 43.8 Å². The summed E-state index contributed by atoms with van der Waals surface area (Å²) >= 11 is 0. The molecule has 0 unspecified atom stereocenters. The minimum Gasteiger partial charge on any atom is -0.549 e. The van der Waals surface area contributed by atoms with Crippen LogP contribution in [0.4, 0.5) is 0 Å². The highest BCUT2D eigenvalue weighted by Gasteiger charge is 2.23. The van der Waals surface area contributed by atoms with Gasteiger partial charge in [0.15, 0.2) is 0 Å². The van der Waals surface area contributed by atoms with Gasteiger partial charge in [0.25, 0.3) is 11.8 Å². The number of carboxylic acids is 4. The van der Waals surface area contributed by atoms with E-state index in [0.29, 0.717) is 0 Å². The Morgan fingerprint density at radius 2 is 1.14 bits per heavy atom. The first-order valence-electron chi connectivity index (χ1n) is 10.7. The zero-order chi connectivity index (χ0) is 27.3. The number of imide groups is 1. The summed E-state index contributed by atoms with van der Waals surface area (Å²) in [5.41, 5.74) is 0. The highest BCUT2D eigenvalue weighted by molar-refractivity contribution is 6.12. The number of aliphatic carboxylic acids is 4. The maximum absolute atomic E-state index is 12.4. The summed E-state index contributed by atoms with van der Waals surface area (Å²) in [6.45, 7) is -3.35. The van der Waals surface area contributed by atoms with Gasteiger partial charge in [-0.3, -0.25) is 43.6 Å². The molecule has 16 heteroatoms. The number of hydrogen-bond acceptors (Lipinski definition) is 12. The van der Waals surface area contributed by atoms with Crippen LogP contribution < -0.4 is 15.5 Å². The normalized spacial score (nSPS) is 13.1. The molecule has 1 heterocycles. The topological polar surface area (TPSA) is 231 Å². The SMILES string of the molecule is O=C([O-])CN(CCN(CCN(CC(=O)[O-])CC(=O)O)CC(=O)NCCN1C(=O)C=CC1=O)CC(=O)O. The highest BCUT2D eigenvalue weighted by Crippen LogP contribution is 2.02. The average Bonchev–Trinajstić information content (AvgIpc) is 3.05. The van der Waals surface area contributed by atoms with E-state index in [4.69, 9.17) is 10.2 Å². The lowest BCUT2D eigenvalue weighted by molar-refractivity contribution is -0.307. The van der Waals surface area contributed by atoms with Gasteiger partial charge in [-0.1, -0.05) is 0 Å². The van der Waals surface area contributed by atoms with Crippen LogP contribution in [0.15, 0.2) is 12.2 Å². The minimum absolute atomic E-state index is 0.0345. The van der Waals surface area contributed by atoms with E-state index in [1.807, 2.05) is 0 Å². The third-order valence-electron chi connectivity index (χ3n) is 4.81. The Bertz CT molecular complexity index is 801. The first-order chi connectivity index (χ1) is 16.9.